The topological polar surface area (TPSA) is 58.4 Å². The van der Waals surface area contributed by atoms with Crippen LogP contribution < -0.4 is 16.0 Å². The maximum atomic E-state index is 11.3. The first-order chi connectivity index (χ1) is 6.68. The quantitative estimate of drug-likeness (QED) is 0.691. The van der Waals surface area contributed by atoms with Crippen molar-refractivity contribution in [2.75, 3.05) is 23.7 Å². The lowest BCUT2D eigenvalue weighted by atomic mass is 10.2. The van der Waals surface area contributed by atoms with E-state index in [-0.39, 0.29) is 6.03 Å². The molecule has 1 aromatic rings. The second kappa shape index (κ2) is 3.38. The molecule has 0 spiro atoms. The largest absolute Gasteiger partial charge is 0.397 e. The summed E-state index contributed by atoms with van der Waals surface area (Å²) in [7, 11) is 0. The number of nitrogens with zero attached hydrogens (tertiary/aromatic N) is 1. The molecule has 0 radical (unpaired) electrons. The van der Waals surface area contributed by atoms with Gasteiger partial charge < -0.3 is 11.1 Å². The van der Waals surface area contributed by atoms with E-state index in [0.717, 1.165) is 5.69 Å². The first-order valence-electron chi connectivity index (χ1n) is 4.29. The molecule has 0 bridgehead atoms. The molecule has 0 aliphatic carbocycles. The van der Waals surface area contributed by atoms with Crippen LogP contribution in [-0.4, -0.2) is 19.1 Å². The minimum absolute atomic E-state index is 0.0910. The summed E-state index contributed by atoms with van der Waals surface area (Å²) in [6, 6.07) is 5.08. The van der Waals surface area contributed by atoms with Crippen molar-refractivity contribution in [3.05, 3.63) is 23.2 Å². The Morgan fingerprint density at radius 1 is 1.50 bits per heavy atom. The molecule has 1 aromatic carbocycles. The van der Waals surface area contributed by atoms with Crippen LogP contribution in [0.4, 0.5) is 16.2 Å². The molecular weight excluding hydrogens is 202 g/mol. The zero-order valence-corrected chi connectivity index (χ0v) is 8.21. The van der Waals surface area contributed by atoms with Gasteiger partial charge in [0.25, 0.3) is 0 Å². The fourth-order valence-electron chi connectivity index (χ4n) is 1.42. The summed E-state index contributed by atoms with van der Waals surface area (Å²) >= 11 is 5.78. The van der Waals surface area contributed by atoms with E-state index in [1.807, 2.05) is 0 Å². The summed E-state index contributed by atoms with van der Waals surface area (Å²) in [6.45, 7) is 1.33. The summed E-state index contributed by atoms with van der Waals surface area (Å²) in [4.78, 5) is 12.9. The molecular formula is C9H10ClN3O. The summed E-state index contributed by atoms with van der Waals surface area (Å²) < 4.78 is 0. The molecule has 4 nitrogen and oxygen atoms in total. The lowest BCUT2D eigenvalue weighted by Crippen LogP contribution is -2.27. The van der Waals surface area contributed by atoms with Crippen molar-refractivity contribution < 1.29 is 4.79 Å². The van der Waals surface area contributed by atoms with E-state index in [9.17, 15) is 4.79 Å². The van der Waals surface area contributed by atoms with Gasteiger partial charge in [-0.05, 0) is 18.2 Å². The first kappa shape index (κ1) is 9.15. The van der Waals surface area contributed by atoms with Gasteiger partial charge in [-0.15, -0.1) is 0 Å². The van der Waals surface area contributed by atoms with Gasteiger partial charge in [-0.2, -0.15) is 0 Å². The molecule has 0 atom stereocenters. The number of amides is 2. The molecule has 5 heteroatoms. The summed E-state index contributed by atoms with van der Waals surface area (Å²) in [5.74, 6) is 0. The fraction of sp³-hybridized carbons (Fsp3) is 0.222. The highest BCUT2D eigenvalue weighted by Crippen LogP contribution is 2.25. The molecule has 0 saturated carbocycles. The Labute approximate surface area is 86.6 Å². The number of nitrogen functional groups attached to an aromatic ring is 1. The highest BCUT2D eigenvalue weighted by Gasteiger charge is 2.21. The van der Waals surface area contributed by atoms with Gasteiger partial charge in [0.15, 0.2) is 0 Å². The number of hydrogen-bond acceptors (Lipinski definition) is 2. The summed E-state index contributed by atoms with van der Waals surface area (Å²) in [5, 5.41) is 3.22. The van der Waals surface area contributed by atoms with E-state index in [1.165, 1.54) is 0 Å². The van der Waals surface area contributed by atoms with Crippen LogP contribution in [0.2, 0.25) is 5.02 Å². The van der Waals surface area contributed by atoms with Crippen molar-refractivity contribution in [2.45, 2.75) is 0 Å². The van der Waals surface area contributed by atoms with Gasteiger partial charge in [0.05, 0.1) is 10.7 Å². The Morgan fingerprint density at radius 3 is 2.86 bits per heavy atom. The van der Waals surface area contributed by atoms with Crippen LogP contribution in [0.1, 0.15) is 0 Å². The Balaban J connectivity index is 2.32. The van der Waals surface area contributed by atoms with E-state index < -0.39 is 0 Å². The monoisotopic (exact) mass is 211 g/mol. The molecule has 1 aliphatic rings. The lowest BCUT2D eigenvalue weighted by Gasteiger charge is -2.14. The molecule has 3 N–H and O–H groups in total. The zero-order chi connectivity index (χ0) is 10.1. The number of nitrogens with two attached hydrogens (primary N) is 1. The second-order valence-corrected chi connectivity index (χ2v) is 3.50. The molecule has 14 heavy (non-hydrogen) atoms. The molecule has 1 aliphatic heterocycles. The Hall–Kier alpha value is -1.42. The standard InChI is InChI=1S/C9H10ClN3O/c10-7-2-1-6(5-8(7)11)13-4-3-12-9(13)14/h1-2,5H,3-4,11H2,(H,12,14). The molecule has 1 fully saturated rings. The van der Waals surface area contributed by atoms with Crippen molar-refractivity contribution in [2.24, 2.45) is 0 Å². The molecule has 0 unspecified atom stereocenters. The number of benzene rings is 1. The number of hydrogen-bond donors (Lipinski definition) is 2. The van der Waals surface area contributed by atoms with Gasteiger partial charge in [0.1, 0.15) is 0 Å². The third kappa shape index (κ3) is 1.48. The Morgan fingerprint density at radius 2 is 2.29 bits per heavy atom. The number of rotatable bonds is 1. The maximum Gasteiger partial charge on any atom is 0.321 e. The van der Waals surface area contributed by atoms with Crippen molar-refractivity contribution in [1.29, 1.82) is 0 Å². The van der Waals surface area contributed by atoms with Gasteiger partial charge in [-0.1, -0.05) is 11.6 Å². The number of nitrogens with one attached hydrogen (secondary N) is 1. The van der Waals surface area contributed by atoms with Crippen LogP contribution in [0.25, 0.3) is 0 Å². The smallest absolute Gasteiger partial charge is 0.321 e. The first-order valence-corrected chi connectivity index (χ1v) is 4.66. The van der Waals surface area contributed by atoms with Crippen LogP contribution in [0.5, 0.6) is 0 Å². The van der Waals surface area contributed by atoms with Crippen molar-refractivity contribution in [1.82, 2.24) is 5.32 Å². The number of halogens is 1. The number of anilines is 2. The molecule has 1 heterocycles. The van der Waals surface area contributed by atoms with Crippen molar-refractivity contribution in [3.63, 3.8) is 0 Å². The van der Waals surface area contributed by atoms with Crippen LogP contribution in [0, 0.1) is 0 Å². The highest BCUT2D eigenvalue weighted by molar-refractivity contribution is 6.33. The number of carbonyl (C=O) groups is 1. The zero-order valence-electron chi connectivity index (χ0n) is 7.46. The predicted octanol–water partition coefficient (Wildman–Crippen LogP) is 1.45. The molecule has 74 valence electrons. The molecule has 1 saturated heterocycles. The van der Waals surface area contributed by atoms with E-state index in [4.69, 9.17) is 17.3 Å². The van der Waals surface area contributed by atoms with Crippen molar-refractivity contribution in [3.8, 4) is 0 Å². The van der Waals surface area contributed by atoms with Gasteiger partial charge >= 0.3 is 6.03 Å². The highest BCUT2D eigenvalue weighted by atomic mass is 35.5. The van der Waals surface area contributed by atoms with Crippen LogP contribution in [-0.2, 0) is 0 Å². The average Bonchev–Trinajstić information content (AvgIpc) is 2.57. The maximum absolute atomic E-state index is 11.3. The van der Waals surface area contributed by atoms with E-state index in [1.54, 1.807) is 23.1 Å². The van der Waals surface area contributed by atoms with Crippen LogP contribution in [0.15, 0.2) is 18.2 Å². The molecule has 2 rings (SSSR count). The lowest BCUT2D eigenvalue weighted by molar-refractivity contribution is 0.252. The van der Waals surface area contributed by atoms with Gasteiger partial charge in [-0.25, -0.2) is 4.79 Å². The van der Waals surface area contributed by atoms with Crippen LogP contribution in [0.3, 0.4) is 0 Å². The van der Waals surface area contributed by atoms with Gasteiger partial charge in [0, 0.05) is 18.8 Å². The third-order valence-corrected chi connectivity index (χ3v) is 2.49. The number of urea groups is 1. The Kier molecular flexibility index (Phi) is 2.21. The molecule has 0 aromatic heterocycles. The van der Waals surface area contributed by atoms with Crippen LogP contribution >= 0.6 is 11.6 Å². The fourth-order valence-corrected chi connectivity index (χ4v) is 1.53. The summed E-state index contributed by atoms with van der Waals surface area (Å²) in [5.41, 5.74) is 6.91. The molecule has 2 amide bonds. The minimum atomic E-state index is -0.0910. The average molecular weight is 212 g/mol. The van der Waals surface area contributed by atoms with Crippen molar-refractivity contribution >= 4 is 29.0 Å². The minimum Gasteiger partial charge on any atom is -0.397 e. The van der Waals surface area contributed by atoms with E-state index >= 15 is 0 Å². The normalized spacial score (nSPS) is 15.8. The predicted molar refractivity (Wildman–Crippen MR) is 56.6 cm³/mol. The third-order valence-electron chi connectivity index (χ3n) is 2.15. The second-order valence-electron chi connectivity index (χ2n) is 3.09. The SMILES string of the molecule is Nc1cc(N2CCNC2=O)ccc1Cl. The van der Waals surface area contributed by atoms with Gasteiger partial charge in [0.2, 0.25) is 0 Å². The van der Waals surface area contributed by atoms with E-state index in [2.05, 4.69) is 5.32 Å². The van der Waals surface area contributed by atoms with Gasteiger partial charge in [-0.3, -0.25) is 4.90 Å². The number of carbonyl (C=O) groups excluding carboxylic acids is 1. The summed E-state index contributed by atoms with van der Waals surface area (Å²) in [6.07, 6.45) is 0. The Bertz CT molecular complexity index is 380. The van der Waals surface area contributed by atoms with E-state index in [0.29, 0.717) is 23.8 Å².